The number of ether oxygens (including phenoxy) is 1. The molecule has 0 aromatic heterocycles. The summed E-state index contributed by atoms with van der Waals surface area (Å²) in [4.78, 5) is 0. The molecule has 0 saturated heterocycles. The molecule has 0 bridgehead atoms. The average molecular weight is 269 g/mol. The first-order chi connectivity index (χ1) is 9.70. The first-order valence-corrected chi connectivity index (χ1v) is 7.06. The van der Waals surface area contributed by atoms with Gasteiger partial charge < -0.3 is 10.1 Å². The van der Waals surface area contributed by atoms with Gasteiger partial charge in [-0.15, -0.1) is 0 Å². The van der Waals surface area contributed by atoms with Crippen molar-refractivity contribution < 1.29 is 4.74 Å². The number of rotatable bonds is 6. The first-order valence-electron chi connectivity index (χ1n) is 7.06. The lowest BCUT2D eigenvalue weighted by Gasteiger charge is -2.16. The van der Waals surface area contributed by atoms with Crippen molar-refractivity contribution in [3.8, 4) is 0 Å². The second-order valence-corrected chi connectivity index (χ2v) is 5.21. The van der Waals surface area contributed by atoms with Crippen molar-refractivity contribution in [2.24, 2.45) is 0 Å². The van der Waals surface area contributed by atoms with Crippen LogP contribution in [0.25, 0.3) is 0 Å². The van der Waals surface area contributed by atoms with Crippen LogP contribution in [0.5, 0.6) is 0 Å². The van der Waals surface area contributed by atoms with Gasteiger partial charge in [0, 0.05) is 19.7 Å². The monoisotopic (exact) mass is 269 g/mol. The molecule has 0 amide bonds. The zero-order valence-electron chi connectivity index (χ0n) is 12.5. The maximum atomic E-state index is 5.12. The van der Waals surface area contributed by atoms with E-state index in [-0.39, 0.29) is 0 Å². The molecule has 0 spiro atoms. The molecule has 2 aromatic rings. The summed E-state index contributed by atoms with van der Waals surface area (Å²) in [5.74, 6) is 0. The SMILES string of the molecule is COCc1ccc(CN[C@@H](C)c2ccccc2C)cc1. The molecule has 0 aliphatic heterocycles. The van der Waals surface area contributed by atoms with Crippen LogP contribution in [0.1, 0.15) is 35.2 Å². The Hall–Kier alpha value is -1.64. The van der Waals surface area contributed by atoms with E-state index in [0.717, 1.165) is 6.54 Å². The lowest BCUT2D eigenvalue weighted by Crippen LogP contribution is -2.18. The Morgan fingerprint density at radius 1 is 1.00 bits per heavy atom. The minimum absolute atomic E-state index is 0.356. The fraction of sp³-hybridized carbons (Fsp3) is 0.333. The second kappa shape index (κ2) is 7.22. The number of hydrogen-bond acceptors (Lipinski definition) is 2. The van der Waals surface area contributed by atoms with E-state index in [1.165, 1.54) is 22.3 Å². The molecule has 2 heteroatoms. The highest BCUT2D eigenvalue weighted by atomic mass is 16.5. The van der Waals surface area contributed by atoms with Crippen LogP contribution in [-0.2, 0) is 17.9 Å². The molecule has 2 rings (SSSR count). The third kappa shape index (κ3) is 3.92. The maximum absolute atomic E-state index is 5.12. The van der Waals surface area contributed by atoms with Crippen molar-refractivity contribution in [2.45, 2.75) is 33.0 Å². The fourth-order valence-electron chi connectivity index (χ4n) is 2.37. The molecule has 1 atom stereocenters. The van der Waals surface area contributed by atoms with E-state index in [0.29, 0.717) is 12.6 Å². The highest BCUT2D eigenvalue weighted by Gasteiger charge is 2.06. The quantitative estimate of drug-likeness (QED) is 0.856. The normalized spacial score (nSPS) is 12.3. The summed E-state index contributed by atoms with van der Waals surface area (Å²) >= 11 is 0. The lowest BCUT2D eigenvalue weighted by molar-refractivity contribution is 0.185. The summed E-state index contributed by atoms with van der Waals surface area (Å²) in [5.41, 5.74) is 5.21. The minimum Gasteiger partial charge on any atom is -0.380 e. The standard InChI is InChI=1S/C18H23NO/c1-14-6-4-5-7-18(14)15(2)19-12-16-8-10-17(11-9-16)13-20-3/h4-11,15,19H,12-13H2,1-3H3/t15-/m0/s1. The van der Waals surface area contributed by atoms with Crippen LogP contribution in [0.3, 0.4) is 0 Å². The third-order valence-corrected chi connectivity index (χ3v) is 3.60. The summed E-state index contributed by atoms with van der Waals surface area (Å²) in [6.07, 6.45) is 0. The van der Waals surface area contributed by atoms with Crippen LogP contribution in [0.15, 0.2) is 48.5 Å². The number of benzene rings is 2. The van der Waals surface area contributed by atoms with E-state index in [4.69, 9.17) is 4.74 Å². The van der Waals surface area contributed by atoms with Crippen LogP contribution in [0.2, 0.25) is 0 Å². The van der Waals surface area contributed by atoms with Gasteiger partial charge in [-0.3, -0.25) is 0 Å². The summed E-state index contributed by atoms with van der Waals surface area (Å²) in [5, 5.41) is 3.58. The van der Waals surface area contributed by atoms with Gasteiger partial charge in [0.25, 0.3) is 0 Å². The van der Waals surface area contributed by atoms with Gasteiger partial charge in [-0.1, -0.05) is 48.5 Å². The van der Waals surface area contributed by atoms with Crippen LogP contribution in [0, 0.1) is 6.92 Å². The van der Waals surface area contributed by atoms with Gasteiger partial charge in [-0.2, -0.15) is 0 Å². The Balaban J connectivity index is 1.93. The van der Waals surface area contributed by atoms with E-state index in [1.54, 1.807) is 7.11 Å². The molecule has 0 saturated carbocycles. The van der Waals surface area contributed by atoms with Crippen LogP contribution in [0.4, 0.5) is 0 Å². The molecule has 1 N–H and O–H groups in total. The summed E-state index contributed by atoms with van der Waals surface area (Å²) in [6.45, 7) is 5.92. The Morgan fingerprint density at radius 2 is 1.65 bits per heavy atom. The largest absolute Gasteiger partial charge is 0.380 e. The summed E-state index contributed by atoms with van der Waals surface area (Å²) in [6, 6.07) is 17.5. The van der Waals surface area contributed by atoms with Crippen molar-refractivity contribution >= 4 is 0 Å². The van der Waals surface area contributed by atoms with Crippen molar-refractivity contribution in [1.29, 1.82) is 0 Å². The molecule has 20 heavy (non-hydrogen) atoms. The molecule has 0 heterocycles. The Labute approximate surface area is 121 Å². The van der Waals surface area contributed by atoms with E-state index >= 15 is 0 Å². The lowest BCUT2D eigenvalue weighted by atomic mass is 10.0. The topological polar surface area (TPSA) is 21.3 Å². The summed E-state index contributed by atoms with van der Waals surface area (Å²) in [7, 11) is 1.72. The molecule has 0 aliphatic carbocycles. The zero-order chi connectivity index (χ0) is 14.4. The Morgan fingerprint density at radius 3 is 2.30 bits per heavy atom. The van der Waals surface area contributed by atoms with Crippen molar-refractivity contribution in [3.05, 3.63) is 70.8 Å². The predicted octanol–water partition coefficient (Wildman–Crippen LogP) is 3.99. The number of nitrogens with one attached hydrogen (secondary N) is 1. The molecule has 0 unspecified atom stereocenters. The molecule has 106 valence electrons. The number of hydrogen-bond donors (Lipinski definition) is 1. The summed E-state index contributed by atoms with van der Waals surface area (Å²) < 4.78 is 5.12. The molecular formula is C18H23NO. The van der Waals surface area contributed by atoms with E-state index in [2.05, 4.69) is 67.7 Å². The van der Waals surface area contributed by atoms with Crippen LogP contribution in [-0.4, -0.2) is 7.11 Å². The highest BCUT2D eigenvalue weighted by molar-refractivity contribution is 5.28. The van der Waals surface area contributed by atoms with Gasteiger partial charge in [0.1, 0.15) is 0 Å². The minimum atomic E-state index is 0.356. The van der Waals surface area contributed by atoms with Crippen molar-refractivity contribution in [1.82, 2.24) is 5.32 Å². The van der Waals surface area contributed by atoms with Gasteiger partial charge in [0.2, 0.25) is 0 Å². The molecule has 2 aromatic carbocycles. The predicted molar refractivity (Wildman–Crippen MR) is 83.6 cm³/mol. The average Bonchev–Trinajstić information content (AvgIpc) is 2.47. The van der Waals surface area contributed by atoms with Gasteiger partial charge in [0.15, 0.2) is 0 Å². The molecule has 0 aliphatic rings. The van der Waals surface area contributed by atoms with E-state index in [9.17, 15) is 0 Å². The smallest absolute Gasteiger partial charge is 0.0713 e. The molecule has 0 fully saturated rings. The van der Waals surface area contributed by atoms with Crippen molar-refractivity contribution in [3.63, 3.8) is 0 Å². The highest BCUT2D eigenvalue weighted by Crippen LogP contribution is 2.17. The molecular weight excluding hydrogens is 246 g/mol. The second-order valence-electron chi connectivity index (χ2n) is 5.21. The van der Waals surface area contributed by atoms with Crippen LogP contribution < -0.4 is 5.32 Å². The zero-order valence-corrected chi connectivity index (χ0v) is 12.5. The Kier molecular flexibility index (Phi) is 5.33. The van der Waals surface area contributed by atoms with Crippen LogP contribution >= 0.6 is 0 Å². The number of aryl methyl sites for hydroxylation is 1. The van der Waals surface area contributed by atoms with Gasteiger partial charge in [-0.25, -0.2) is 0 Å². The molecule has 2 nitrogen and oxygen atoms in total. The fourth-order valence-corrected chi connectivity index (χ4v) is 2.37. The van der Waals surface area contributed by atoms with E-state index in [1.807, 2.05) is 0 Å². The van der Waals surface area contributed by atoms with Gasteiger partial charge in [-0.05, 0) is 36.1 Å². The van der Waals surface area contributed by atoms with Crippen molar-refractivity contribution in [2.75, 3.05) is 7.11 Å². The third-order valence-electron chi connectivity index (χ3n) is 3.60. The Bertz CT molecular complexity index is 533. The van der Waals surface area contributed by atoms with Gasteiger partial charge in [0.05, 0.1) is 6.61 Å². The van der Waals surface area contributed by atoms with E-state index < -0.39 is 0 Å². The maximum Gasteiger partial charge on any atom is 0.0713 e. The van der Waals surface area contributed by atoms with Gasteiger partial charge >= 0.3 is 0 Å². The molecule has 0 radical (unpaired) electrons. The number of methoxy groups -OCH3 is 1. The first kappa shape index (κ1) is 14.8.